The van der Waals surface area contributed by atoms with Gasteiger partial charge in [0, 0.05) is 31.6 Å². The first kappa shape index (κ1) is 20.1. The zero-order valence-electron chi connectivity index (χ0n) is 17.4. The lowest BCUT2D eigenvalue weighted by molar-refractivity contribution is -0.121. The van der Waals surface area contributed by atoms with Crippen LogP contribution in [0.15, 0.2) is 48.5 Å². The summed E-state index contributed by atoms with van der Waals surface area (Å²) in [4.78, 5) is 31.5. The van der Waals surface area contributed by atoms with Crippen LogP contribution in [-0.4, -0.2) is 34.5 Å². The topological polar surface area (TPSA) is 67.2 Å². The van der Waals surface area contributed by atoms with E-state index in [2.05, 4.69) is 11.4 Å². The molecule has 0 spiro atoms. The van der Waals surface area contributed by atoms with Crippen LogP contribution in [0.1, 0.15) is 37.6 Å². The molecule has 2 heterocycles. The van der Waals surface area contributed by atoms with E-state index in [-0.39, 0.29) is 18.4 Å². The van der Waals surface area contributed by atoms with Gasteiger partial charge in [0.1, 0.15) is 12.4 Å². The van der Waals surface area contributed by atoms with Gasteiger partial charge in [0.25, 0.3) is 0 Å². The number of anilines is 1. The fraction of sp³-hybridized carbons (Fsp3) is 0.375. The molecule has 0 atom stereocenters. The van der Waals surface area contributed by atoms with Crippen LogP contribution in [0.5, 0.6) is 0 Å². The van der Waals surface area contributed by atoms with E-state index in [1.165, 1.54) is 5.56 Å². The zero-order valence-corrected chi connectivity index (χ0v) is 17.4. The lowest BCUT2D eigenvalue weighted by atomic mass is 10.0. The van der Waals surface area contributed by atoms with Gasteiger partial charge in [-0.2, -0.15) is 0 Å². The number of nitrogens with zero attached hydrogens (tertiary/aromatic N) is 3. The third-order valence-corrected chi connectivity index (χ3v) is 5.66. The SMILES string of the molecule is CCC(=O)NCCCc1nc2ccccc2n1CC(=O)N1CCCc2ccccc21. The van der Waals surface area contributed by atoms with Crippen molar-refractivity contribution in [3.05, 3.63) is 59.9 Å². The molecule has 0 saturated heterocycles. The van der Waals surface area contributed by atoms with Crippen molar-refractivity contribution in [2.45, 2.75) is 45.6 Å². The highest BCUT2D eigenvalue weighted by Crippen LogP contribution is 2.27. The molecule has 3 aromatic rings. The quantitative estimate of drug-likeness (QED) is 0.613. The van der Waals surface area contributed by atoms with Crippen LogP contribution in [0, 0.1) is 0 Å². The van der Waals surface area contributed by atoms with Gasteiger partial charge in [0.2, 0.25) is 11.8 Å². The molecular formula is C24H28N4O2. The van der Waals surface area contributed by atoms with E-state index < -0.39 is 0 Å². The molecule has 0 saturated carbocycles. The molecule has 0 aliphatic carbocycles. The normalized spacial score (nSPS) is 13.3. The van der Waals surface area contributed by atoms with Gasteiger partial charge in [-0.05, 0) is 43.0 Å². The molecule has 1 N–H and O–H groups in total. The van der Waals surface area contributed by atoms with Crippen molar-refractivity contribution in [2.24, 2.45) is 0 Å². The number of carbonyl (C=O) groups excluding carboxylic acids is 2. The maximum Gasteiger partial charge on any atom is 0.246 e. The predicted octanol–water partition coefficient (Wildman–Crippen LogP) is 3.47. The Morgan fingerprint density at radius 3 is 2.77 bits per heavy atom. The van der Waals surface area contributed by atoms with E-state index in [1.807, 2.05) is 58.9 Å². The second-order valence-corrected chi connectivity index (χ2v) is 7.69. The lowest BCUT2D eigenvalue weighted by Crippen LogP contribution is -2.38. The molecule has 6 heteroatoms. The Kier molecular flexibility index (Phi) is 6.12. The first-order chi connectivity index (χ1) is 14.7. The van der Waals surface area contributed by atoms with Crippen LogP contribution >= 0.6 is 0 Å². The second-order valence-electron chi connectivity index (χ2n) is 7.69. The fourth-order valence-electron chi connectivity index (χ4n) is 4.11. The maximum atomic E-state index is 13.3. The summed E-state index contributed by atoms with van der Waals surface area (Å²) < 4.78 is 2.04. The Morgan fingerprint density at radius 1 is 1.10 bits per heavy atom. The molecule has 156 valence electrons. The highest BCUT2D eigenvalue weighted by Gasteiger charge is 2.23. The van der Waals surface area contributed by atoms with E-state index in [0.29, 0.717) is 19.4 Å². The third kappa shape index (κ3) is 4.22. The number of amides is 2. The Morgan fingerprint density at radius 2 is 1.90 bits per heavy atom. The lowest BCUT2D eigenvalue weighted by Gasteiger charge is -2.29. The van der Waals surface area contributed by atoms with Crippen LogP contribution < -0.4 is 10.2 Å². The van der Waals surface area contributed by atoms with Gasteiger partial charge in [-0.3, -0.25) is 9.59 Å². The number of benzene rings is 2. The molecule has 0 fully saturated rings. The Balaban J connectivity index is 1.54. The number of hydrogen-bond acceptors (Lipinski definition) is 3. The molecule has 0 unspecified atom stereocenters. The molecular weight excluding hydrogens is 376 g/mol. The van der Waals surface area contributed by atoms with E-state index >= 15 is 0 Å². The van der Waals surface area contributed by atoms with Gasteiger partial charge >= 0.3 is 0 Å². The van der Waals surface area contributed by atoms with E-state index in [0.717, 1.165) is 48.4 Å². The molecule has 6 nitrogen and oxygen atoms in total. The molecule has 2 amide bonds. The van der Waals surface area contributed by atoms with Crippen molar-refractivity contribution in [3.63, 3.8) is 0 Å². The molecule has 0 radical (unpaired) electrons. The summed E-state index contributed by atoms with van der Waals surface area (Å²) in [6.07, 6.45) is 3.99. The molecule has 0 bridgehead atoms. The number of nitrogens with one attached hydrogen (secondary N) is 1. The number of imidazole rings is 1. The van der Waals surface area contributed by atoms with Crippen molar-refractivity contribution in [1.29, 1.82) is 0 Å². The van der Waals surface area contributed by atoms with Crippen molar-refractivity contribution >= 4 is 28.5 Å². The third-order valence-electron chi connectivity index (χ3n) is 5.66. The second kappa shape index (κ2) is 9.11. The monoisotopic (exact) mass is 404 g/mol. The summed E-state index contributed by atoms with van der Waals surface area (Å²) in [5.41, 5.74) is 4.14. The van der Waals surface area contributed by atoms with Crippen molar-refractivity contribution in [1.82, 2.24) is 14.9 Å². The molecule has 1 aromatic heterocycles. The number of hydrogen-bond donors (Lipinski definition) is 1. The summed E-state index contributed by atoms with van der Waals surface area (Å²) in [5.74, 6) is 1.04. The Hall–Kier alpha value is -3.15. The average Bonchev–Trinajstić information content (AvgIpc) is 3.13. The minimum absolute atomic E-state index is 0.0578. The molecule has 4 rings (SSSR count). The highest BCUT2D eigenvalue weighted by atomic mass is 16.2. The number of fused-ring (bicyclic) bond motifs is 2. The largest absolute Gasteiger partial charge is 0.356 e. The van der Waals surface area contributed by atoms with Crippen LogP contribution in [0.2, 0.25) is 0 Å². The van der Waals surface area contributed by atoms with Gasteiger partial charge in [-0.15, -0.1) is 0 Å². The van der Waals surface area contributed by atoms with Crippen molar-refractivity contribution in [3.8, 4) is 0 Å². The molecule has 1 aliphatic heterocycles. The van der Waals surface area contributed by atoms with E-state index in [1.54, 1.807) is 0 Å². The Labute approximate surface area is 176 Å². The summed E-state index contributed by atoms with van der Waals surface area (Å²) in [5, 5.41) is 2.91. The standard InChI is InChI=1S/C24H28N4O2/c1-2-23(29)25-15-7-14-22-26-19-11-4-6-13-21(19)28(22)17-24(30)27-16-8-10-18-9-3-5-12-20(18)27/h3-6,9,11-13H,2,7-8,10,14-17H2,1H3,(H,25,29). The minimum Gasteiger partial charge on any atom is -0.356 e. The number of carbonyl (C=O) groups is 2. The molecule has 2 aromatic carbocycles. The number of rotatable bonds is 7. The molecule has 1 aliphatic rings. The summed E-state index contributed by atoms with van der Waals surface area (Å²) in [6.45, 7) is 3.48. The molecule has 30 heavy (non-hydrogen) atoms. The van der Waals surface area contributed by atoms with E-state index in [4.69, 9.17) is 4.98 Å². The van der Waals surface area contributed by atoms with Gasteiger partial charge in [0.05, 0.1) is 11.0 Å². The van der Waals surface area contributed by atoms with Crippen LogP contribution in [-0.2, 0) is 29.0 Å². The van der Waals surface area contributed by atoms with E-state index in [9.17, 15) is 9.59 Å². The average molecular weight is 405 g/mol. The van der Waals surface area contributed by atoms with Crippen molar-refractivity contribution < 1.29 is 9.59 Å². The highest BCUT2D eigenvalue weighted by molar-refractivity contribution is 5.95. The minimum atomic E-state index is 0.0578. The fourth-order valence-corrected chi connectivity index (χ4v) is 4.11. The first-order valence-electron chi connectivity index (χ1n) is 10.8. The van der Waals surface area contributed by atoms with Crippen LogP contribution in [0.4, 0.5) is 5.69 Å². The zero-order chi connectivity index (χ0) is 20.9. The van der Waals surface area contributed by atoms with Gasteiger partial charge in [0.15, 0.2) is 0 Å². The van der Waals surface area contributed by atoms with Crippen LogP contribution in [0.25, 0.3) is 11.0 Å². The van der Waals surface area contributed by atoms with Crippen LogP contribution in [0.3, 0.4) is 0 Å². The van der Waals surface area contributed by atoms with Gasteiger partial charge in [-0.25, -0.2) is 4.98 Å². The summed E-state index contributed by atoms with van der Waals surface area (Å²) in [6, 6.07) is 16.1. The number of para-hydroxylation sites is 3. The number of aryl methyl sites for hydroxylation is 2. The van der Waals surface area contributed by atoms with Crippen molar-refractivity contribution in [2.75, 3.05) is 18.0 Å². The predicted molar refractivity (Wildman–Crippen MR) is 118 cm³/mol. The summed E-state index contributed by atoms with van der Waals surface area (Å²) >= 11 is 0. The first-order valence-corrected chi connectivity index (χ1v) is 10.8. The van der Waals surface area contributed by atoms with Gasteiger partial charge < -0.3 is 14.8 Å². The Bertz CT molecular complexity index is 1060. The van der Waals surface area contributed by atoms with Gasteiger partial charge in [-0.1, -0.05) is 37.3 Å². The number of aromatic nitrogens is 2. The smallest absolute Gasteiger partial charge is 0.246 e. The maximum absolute atomic E-state index is 13.3. The summed E-state index contributed by atoms with van der Waals surface area (Å²) in [7, 11) is 0.